The number of aromatic carboxylic acids is 1. The van der Waals surface area contributed by atoms with E-state index in [9.17, 15) is 14.7 Å². The van der Waals surface area contributed by atoms with Gasteiger partial charge in [-0.05, 0) is 50.3 Å². The second-order valence-corrected chi connectivity index (χ2v) is 11.8. The van der Waals surface area contributed by atoms with Crippen LogP contribution in [0, 0.1) is 6.92 Å². The topological polar surface area (TPSA) is 142 Å². The number of carboxylic acids is 1. The Hall–Kier alpha value is -4.33. The standard InChI is InChI=1S/C30H39N7O6S/c1-18-25(28(39)40)44-30(31-18)34-29-32-26(36-12-8-11-35(13-14-36)19(2)38)21-9-6-7-10-37(27(21)33-29)17-20-15-22(41-3)24(43-5)23(16-20)42-4/h15-16H,6-14,17H2,1-5H3,(H,39,40)(H,31,32,33,34). The molecule has 2 aliphatic rings. The highest BCUT2D eigenvalue weighted by atomic mass is 32.1. The van der Waals surface area contributed by atoms with E-state index in [4.69, 9.17) is 24.2 Å². The third kappa shape index (κ3) is 6.59. The molecular formula is C30H39N7O6S. The summed E-state index contributed by atoms with van der Waals surface area (Å²) in [5, 5.41) is 13.2. The number of carbonyl (C=O) groups excluding carboxylic acids is 1. The second kappa shape index (κ2) is 13.5. The Balaban J connectivity index is 1.57. The average molecular weight is 626 g/mol. The first-order chi connectivity index (χ1) is 21.2. The van der Waals surface area contributed by atoms with E-state index in [1.165, 1.54) is 0 Å². The highest BCUT2D eigenvalue weighted by Gasteiger charge is 2.28. The summed E-state index contributed by atoms with van der Waals surface area (Å²) in [5.74, 6) is 2.72. The maximum Gasteiger partial charge on any atom is 0.347 e. The summed E-state index contributed by atoms with van der Waals surface area (Å²) in [7, 11) is 4.79. The van der Waals surface area contributed by atoms with Crippen molar-refractivity contribution in [2.45, 2.75) is 46.1 Å². The molecule has 1 saturated heterocycles. The molecule has 0 unspecified atom stereocenters. The van der Waals surface area contributed by atoms with Crippen molar-refractivity contribution in [2.75, 3.05) is 69.2 Å². The summed E-state index contributed by atoms with van der Waals surface area (Å²) >= 11 is 1.05. The lowest BCUT2D eigenvalue weighted by Gasteiger charge is -2.29. The molecule has 236 valence electrons. The number of amides is 1. The molecule has 2 aromatic heterocycles. The van der Waals surface area contributed by atoms with E-state index in [1.54, 1.807) is 35.2 Å². The third-order valence-electron chi connectivity index (χ3n) is 7.92. The number of nitrogens with zero attached hydrogens (tertiary/aromatic N) is 6. The Morgan fingerprint density at radius 1 is 0.932 bits per heavy atom. The van der Waals surface area contributed by atoms with Crippen molar-refractivity contribution < 1.29 is 28.9 Å². The van der Waals surface area contributed by atoms with Crippen LogP contribution in [0.25, 0.3) is 0 Å². The normalized spacial score (nSPS) is 15.2. The zero-order chi connectivity index (χ0) is 31.4. The Kier molecular flexibility index (Phi) is 9.57. The third-order valence-corrected chi connectivity index (χ3v) is 8.98. The van der Waals surface area contributed by atoms with Gasteiger partial charge in [0.1, 0.15) is 16.5 Å². The minimum absolute atomic E-state index is 0.0700. The lowest BCUT2D eigenvalue weighted by atomic mass is 10.1. The fraction of sp³-hybridized carbons (Fsp3) is 0.500. The van der Waals surface area contributed by atoms with Crippen molar-refractivity contribution in [2.24, 2.45) is 0 Å². The number of carbonyl (C=O) groups is 2. The van der Waals surface area contributed by atoms with Gasteiger partial charge in [-0.2, -0.15) is 9.97 Å². The van der Waals surface area contributed by atoms with Crippen LogP contribution in [-0.2, 0) is 17.8 Å². The van der Waals surface area contributed by atoms with Crippen LogP contribution >= 0.6 is 11.3 Å². The molecule has 0 spiro atoms. The van der Waals surface area contributed by atoms with Crippen molar-refractivity contribution in [3.8, 4) is 17.2 Å². The Morgan fingerprint density at radius 2 is 1.66 bits per heavy atom. The number of benzene rings is 1. The number of fused-ring (bicyclic) bond motifs is 1. The lowest BCUT2D eigenvalue weighted by Crippen LogP contribution is -2.34. The SMILES string of the molecule is COc1cc(CN2CCCCc3c(N4CCCN(C(C)=O)CC4)nc(Nc4nc(C)c(C(=O)O)s4)nc32)cc(OC)c1OC. The van der Waals surface area contributed by atoms with Crippen molar-refractivity contribution in [3.63, 3.8) is 0 Å². The van der Waals surface area contributed by atoms with Crippen LogP contribution < -0.4 is 29.3 Å². The molecule has 0 bridgehead atoms. The fourth-order valence-electron chi connectivity index (χ4n) is 5.76. The number of thiazole rings is 1. The van der Waals surface area contributed by atoms with E-state index in [2.05, 4.69) is 20.1 Å². The number of hydrogen-bond acceptors (Lipinski definition) is 12. The predicted molar refractivity (Wildman–Crippen MR) is 168 cm³/mol. The Morgan fingerprint density at radius 3 is 2.30 bits per heavy atom. The van der Waals surface area contributed by atoms with Gasteiger partial charge in [0.25, 0.3) is 0 Å². The maximum atomic E-state index is 12.1. The predicted octanol–water partition coefficient (Wildman–Crippen LogP) is 4.11. The summed E-state index contributed by atoms with van der Waals surface area (Å²) in [6, 6.07) is 3.90. The average Bonchev–Trinajstić information content (AvgIpc) is 3.15. The summed E-state index contributed by atoms with van der Waals surface area (Å²) in [6.07, 6.45) is 3.57. The summed E-state index contributed by atoms with van der Waals surface area (Å²) in [4.78, 5) is 44.8. The number of methoxy groups -OCH3 is 3. The molecule has 0 saturated carbocycles. The molecule has 3 aromatic rings. The van der Waals surface area contributed by atoms with Gasteiger partial charge in [0, 0.05) is 51.8 Å². The number of aryl methyl sites for hydroxylation is 1. The highest BCUT2D eigenvalue weighted by Crippen LogP contribution is 2.40. The zero-order valence-corrected chi connectivity index (χ0v) is 26.6. The number of carboxylic acid groups (broad SMARTS) is 1. The monoisotopic (exact) mass is 625 g/mol. The van der Waals surface area contributed by atoms with Crippen molar-refractivity contribution in [1.82, 2.24) is 19.9 Å². The fourth-order valence-corrected chi connectivity index (χ4v) is 6.56. The number of aromatic nitrogens is 3. The zero-order valence-electron chi connectivity index (χ0n) is 25.8. The summed E-state index contributed by atoms with van der Waals surface area (Å²) in [6.45, 7) is 7.30. The van der Waals surface area contributed by atoms with E-state index in [1.807, 2.05) is 17.0 Å². The van der Waals surface area contributed by atoms with Gasteiger partial charge in [0.15, 0.2) is 16.6 Å². The molecule has 5 rings (SSSR count). The minimum atomic E-state index is -1.02. The molecule has 14 heteroatoms. The molecule has 2 N–H and O–H groups in total. The first kappa shape index (κ1) is 31.1. The van der Waals surface area contributed by atoms with Crippen LogP contribution in [-0.4, -0.2) is 90.9 Å². The molecule has 13 nitrogen and oxygen atoms in total. The van der Waals surface area contributed by atoms with E-state index in [0.29, 0.717) is 60.2 Å². The molecule has 4 heterocycles. The number of hydrogen-bond donors (Lipinski definition) is 2. The van der Waals surface area contributed by atoms with Crippen LogP contribution in [0.5, 0.6) is 17.2 Å². The quantitative estimate of drug-likeness (QED) is 0.353. The highest BCUT2D eigenvalue weighted by molar-refractivity contribution is 7.17. The maximum absolute atomic E-state index is 12.1. The number of ether oxygens (including phenoxy) is 3. The van der Waals surface area contributed by atoms with Gasteiger partial charge in [-0.1, -0.05) is 11.3 Å². The van der Waals surface area contributed by atoms with Gasteiger partial charge in [0.05, 0.1) is 27.0 Å². The van der Waals surface area contributed by atoms with E-state index < -0.39 is 5.97 Å². The molecule has 44 heavy (non-hydrogen) atoms. The Bertz CT molecular complexity index is 1500. The molecule has 0 radical (unpaired) electrons. The van der Waals surface area contributed by atoms with E-state index >= 15 is 0 Å². The van der Waals surface area contributed by atoms with Crippen molar-refractivity contribution in [1.29, 1.82) is 0 Å². The molecule has 2 aliphatic heterocycles. The van der Waals surface area contributed by atoms with Crippen molar-refractivity contribution in [3.05, 3.63) is 33.8 Å². The van der Waals surface area contributed by atoms with E-state index in [0.717, 1.165) is 72.9 Å². The van der Waals surface area contributed by atoms with Gasteiger partial charge >= 0.3 is 5.97 Å². The Labute approximate surface area is 260 Å². The van der Waals surface area contributed by atoms with Crippen LogP contribution in [0.4, 0.5) is 22.7 Å². The van der Waals surface area contributed by atoms with Gasteiger partial charge in [-0.15, -0.1) is 0 Å². The minimum Gasteiger partial charge on any atom is -0.493 e. The largest absolute Gasteiger partial charge is 0.493 e. The van der Waals surface area contributed by atoms with Crippen LogP contribution in [0.15, 0.2) is 12.1 Å². The molecular weight excluding hydrogens is 586 g/mol. The smallest absolute Gasteiger partial charge is 0.347 e. The summed E-state index contributed by atoms with van der Waals surface area (Å²) < 4.78 is 16.7. The first-order valence-corrected chi connectivity index (χ1v) is 15.5. The summed E-state index contributed by atoms with van der Waals surface area (Å²) in [5.41, 5.74) is 2.45. The van der Waals surface area contributed by atoms with Crippen LogP contribution in [0.2, 0.25) is 0 Å². The molecule has 1 fully saturated rings. The lowest BCUT2D eigenvalue weighted by molar-refractivity contribution is -0.128. The molecule has 1 aromatic carbocycles. The van der Waals surface area contributed by atoms with Crippen molar-refractivity contribution >= 4 is 45.9 Å². The van der Waals surface area contributed by atoms with Gasteiger partial charge in [-0.3, -0.25) is 10.1 Å². The van der Waals surface area contributed by atoms with Gasteiger partial charge in [0.2, 0.25) is 17.6 Å². The van der Waals surface area contributed by atoms with Gasteiger partial charge in [-0.25, -0.2) is 9.78 Å². The van der Waals surface area contributed by atoms with Gasteiger partial charge < -0.3 is 34.0 Å². The molecule has 0 aliphatic carbocycles. The molecule has 1 amide bonds. The number of rotatable bonds is 9. The molecule has 0 atom stereocenters. The number of nitrogens with one attached hydrogen (secondary N) is 1. The van der Waals surface area contributed by atoms with Crippen LogP contribution in [0.3, 0.4) is 0 Å². The second-order valence-electron chi connectivity index (χ2n) is 10.8. The number of anilines is 4. The van der Waals surface area contributed by atoms with Crippen LogP contribution in [0.1, 0.15) is 52.7 Å². The van der Waals surface area contributed by atoms with E-state index in [-0.39, 0.29) is 10.8 Å². The first-order valence-electron chi connectivity index (χ1n) is 14.6.